The Morgan fingerprint density at radius 2 is 1.74 bits per heavy atom. The molecule has 31 heavy (non-hydrogen) atoms. The predicted molar refractivity (Wildman–Crippen MR) is 112 cm³/mol. The van der Waals surface area contributed by atoms with Crippen molar-refractivity contribution in [3.05, 3.63) is 53.1 Å². The van der Waals surface area contributed by atoms with Crippen LogP contribution in [-0.2, 0) is 17.9 Å². The Morgan fingerprint density at radius 3 is 2.23 bits per heavy atom. The number of halogens is 4. The highest BCUT2D eigenvalue weighted by atomic mass is 35.5. The van der Waals surface area contributed by atoms with Crippen LogP contribution in [0.3, 0.4) is 0 Å². The van der Waals surface area contributed by atoms with E-state index in [1.807, 2.05) is 18.3 Å². The van der Waals surface area contributed by atoms with Gasteiger partial charge in [-0.2, -0.15) is 13.2 Å². The maximum absolute atomic E-state index is 10.6. The Morgan fingerprint density at radius 1 is 1.16 bits per heavy atom. The number of rotatable bonds is 7. The molecule has 0 bridgehead atoms. The summed E-state index contributed by atoms with van der Waals surface area (Å²) in [5.41, 5.74) is 8.29. The molecular weight excluding hydrogens is 433 g/mol. The van der Waals surface area contributed by atoms with E-state index in [0.717, 1.165) is 43.0 Å². The first-order valence-electron chi connectivity index (χ1n) is 10.1. The van der Waals surface area contributed by atoms with Crippen molar-refractivity contribution in [3.8, 4) is 0 Å². The Hall–Kier alpha value is -2.10. The van der Waals surface area contributed by atoms with Crippen molar-refractivity contribution in [1.29, 1.82) is 0 Å². The monoisotopic (exact) mass is 460 g/mol. The molecule has 1 aliphatic rings. The SMILES string of the molecule is NCC1CCC(CN(Cc2ccc(Cl)cc2)Cc2cnc[nH]2)CC1.O=C(O)C(F)(F)F. The summed E-state index contributed by atoms with van der Waals surface area (Å²) in [6.07, 6.45) is 3.73. The maximum atomic E-state index is 10.6. The van der Waals surface area contributed by atoms with E-state index in [4.69, 9.17) is 27.2 Å². The molecule has 1 aromatic carbocycles. The smallest absolute Gasteiger partial charge is 0.475 e. The highest BCUT2D eigenvalue weighted by molar-refractivity contribution is 6.30. The van der Waals surface area contributed by atoms with Crippen LogP contribution in [0.1, 0.15) is 36.9 Å². The maximum Gasteiger partial charge on any atom is 0.490 e. The summed E-state index contributed by atoms with van der Waals surface area (Å²) in [7, 11) is 0. The molecular formula is C21H28ClF3N4O2. The molecule has 4 N–H and O–H groups in total. The van der Waals surface area contributed by atoms with E-state index in [-0.39, 0.29) is 0 Å². The number of carboxylic acids is 1. The van der Waals surface area contributed by atoms with E-state index >= 15 is 0 Å². The van der Waals surface area contributed by atoms with Gasteiger partial charge in [-0.05, 0) is 61.8 Å². The van der Waals surface area contributed by atoms with Gasteiger partial charge >= 0.3 is 12.1 Å². The van der Waals surface area contributed by atoms with E-state index in [0.29, 0.717) is 0 Å². The van der Waals surface area contributed by atoms with Crippen molar-refractivity contribution in [3.63, 3.8) is 0 Å². The lowest BCUT2D eigenvalue weighted by molar-refractivity contribution is -0.192. The fraction of sp³-hybridized carbons (Fsp3) is 0.524. The molecule has 0 atom stereocenters. The van der Waals surface area contributed by atoms with Gasteiger partial charge in [-0.15, -0.1) is 0 Å². The number of aromatic amines is 1. The van der Waals surface area contributed by atoms with Crippen molar-refractivity contribution < 1.29 is 23.1 Å². The minimum absolute atomic E-state index is 0.735. The van der Waals surface area contributed by atoms with Crippen LogP contribution in [0.15, 0.2) is 36.8 Å². The molecule has 6 nitrogen and oxygen atoms in total. The third-order valence-electron chi connectivity index (χ3n) is 5.33. The summed E-state index contributed by atoms with van der Waals surface area (Å²) in [6.45, 7) is 3.81. The van der Waals surface area contributed by atoms with Crippen molar-refractivity contribution in [1.82, 2.24) is 14.9 Å². The number of aromatic nitrogens is 2. The van der Waals surface area contributed by atoms with Gasteiger partial charge in [0.2, 0.25) is 0 Å². The highest BCUT2D eigenvalue weighted by Gasteiger charge is 2.38. The first kappa shape index (κ1) is 25.2. The second kappa shape index (κ2) is 12.1. The summed E-state index contributed by atoms with van der Waals surface area (Å²) in [5, 5.41) is 7.92. The number of imidazole rings is 1. The molecule has 1 aromatic heterocycles. The quantitative estimate of drug-likeness (QED) is 0.567. The van der Waals surface area contributed by atoms with E-state index < -0.39 is 12.1 Å². The number of carbonyl (C=O) groups is 1. The lowest BCUT2D eigenvalue weighted by Crippen LogP contribution is -2.32. The van der Waals surface area contributed by atoms with Gasteiger partial charge in [0.1, 0.15) is 0 Å². The van der Waals surface area contributed by atoms with Crippen LogP contribution in [0.25, 0.3) is 0 Å². The molecule has 172 valence electrons. The molecule has 1 heterocycles. The number of carboxylic acid groups (broad SMARTS) is 1. The lowest BCUT2D eigenvalue weighted by atomic mass is 9.82. The molecule has 10 heteroatoms. The zero-order valence-electron chi connectivity index (χ0n) is 17.1. The number of nitrogens with two attached hydrogens (primary N) is 1. The normalized spacial score (nSPS) is 19.0. The molecule has 1 saturated carbocycles. The number of nitrogens with one attached hydrogen (secondary N) is 1. The minimum Gasteiger partial charge on any atom is -0.475 e. The van der Waals surface area contributed by atoms with Gasteiger partial charge < -0.3 is 15.8 Å². The van der Waals surface area contributed by atoms with Crippen LogP contribution < -0.4 is 5.73 Å². The fourth-order valence-electron chi connectivity index (χ4n) is 3.66. The van der Waals surface area contributed by atoms with E-state index in [9.17, 15) is 13.2 Å². The molecule has 0 amide bonds. The van der Waals surface area contributed by atoms with Crippen LogP contribution in [-0.4, -0.2) is 45.2 Å². The summed E-state index contributed by atoms with van der Waals surface area (Å²) in [6, 6.07) is 8.18. The van der Waals surface area contributed by atoms with E-state index in [2.05, 4.69) is 27.0 Å². The number of benzene rings is 1. The number of alkyl halides is 3. The van der Waals surface area contributed by atoms with Gasteiger partial charge in [0.25, 0.3) is 0 Å². The van der Waals surface area contributed by atoms with Gasteiger partial charge in [0.15, 0.2) is 0 Å². The Balaban J connectivity index is 0.000000423. The van der Waals surface area contributed by atoms with Crippen LogP contribution in [0.2, 0.25) is 5.02 Å². The molecule has 0 saturated heterocycles. The average molecular weight is 461 g/mol. The predicted octanol–water partition coefficient (Wildman–Crippen LogP) is 4.46. The molecule has 1 fully saturated rings. The largest absolute Gasteiger partial charge is 0.490 e. The third kappa shape index (κ3) is 9.28. The first-order valence-corrected chi connectivity index (χ1v) is 10.5. The van der Waals surface area contributed by atoms with Crippen LogP contribution in [0.5, 0.6) is 0 Å². The first-order chi connectivity index (χ1) is 14.7. The minimum atomic E-state index is -5.08. The zero-order valence-corrected chi connectivity index (χ0v) is 17.9. The summed E-state index contributed by atoms with van der Waals surface area (Å²) in [4.78, 5) is 18.8. The van der Waals surface area contributed by atoms with Gasteiger partial charge in [-0.25, -0.2) is 9.78 Å². The Labute approximate surface area is 184 Å². The fourth-order valence-corrected chi connectivity index (χ4v) is 3.79. The number of hydrogen-bond donors (Lipinski definition) is 3. The number of hydrogen-bond acceptors (Lipinski definition) is 4. The van der Waals surface area contributed by atoms with Crippen molar-refractivity contribution >= 4 is 17.6 Å². The second-order valence-electron chi connectivity index (χ2n) is 7.80. The molecule has 3 rings (SSSR count). The van der Waals surface area contributed by atoms with Crippen LogP contribution in [0.4, 0.5) is 13.2 Å². The number of H-pyrrole nitrogens is 1. The molecule has 0 spiro atoms. The van der Waals surface area contributed by atoms with Crippen LogP contribution >= 0.6 is 11.6 Å². The van der Waals surface area contributed by atoms with E-state index in [1.165, 1.54) is 36.9 Å². The number of nitrogens with zero attached hydrogens (tertiary/aromatic N) is 2. The summed E-state index contributed by atoms with van der Waals surface area (Å²) < 4.78 is 31.7. The lowest BCUT2D eigenvalue weighted by Gasteiger charge is -2.32. The Bertz CT molecular complexity index is 777. The Kier molecular flexibility index (Phi) is 9.80. The van der Waals surface area contributed by atoms with E-state index in [1.54, 1.807) is 6.33 Å². The van der Waals surface area contributed by atoms with Crippen molar-refractivity contribution in [2.75, 3.05) is 13.1 Å². The zero-order chi connectivity index (χ0) is 22.9. The summed E-state index contributed by atoms with van der Waals surface area (Å²) in [5.74, 6) is -1.26. The topological polar surface area (TPSA) is 95.2 Å². The number of aliphatic carboxylic acids is 1. The van der Waals surface area contributed by atoms with Gasteiger partial charge in [0, 0.05) is 36.5 Å². The van der Waals surface area contributed by atoms with Gasteiger partial charge in [-0.1, -0.05) is 23.7 Å². The summed E-state index contributed by atoms with van der Waals surface area (Å²) >= 11 is 6.01. The molecule has 1 aliphatic carbocycles. The highest BCUT2D eigenvalue weighted by Crippen LogP contribution is 2.29. The van der Waals surface area contributed by atoms with Gasteiger partial charge in [-0.3, -0.25) is 4.90 Å². The van der Waals surface area contributed by atoms with Gasteiger partial charge in [0.05, 0.1) is 6.33 Å². The molecule has 2 aromatic rings. The third-order valence-corrected chi connectivity index (χ3v) is 5.58. The molecule has 0 unspecified atom stereocenters. The second-order valence-corrected chi connectivity index (χ2v) is 8.23. The van der Waals surface area contributed by atoms with Crippen molar-refractivity contribution in [2.24, 2.45) is 17.6 Å². The molecule has 0 aliphatic heterocycles. The van der Waals surface area contributed by atoms with Crippen LogP contribution in [0, 0.1) is 11.8 Å². The molecule has 0 radical (unpaired) electrons. The standard InChI is InChI=1S/C19H27ClN4.C2HF3O2/c20-18-7-5-17(6-8-18)12-24(13-19-10-22-14-23-19)11-16-3-1-15(9-21)2-4-16;3-2(4,5)1(6)7/h5-8,10,14-16H,1-4,9,11-13,21H2,(H,22,23);(H,6,7). The average Bonchev–Trinajstić information content (AvgIpc) is 3.23. The van der Waals surface area contributed by atoms with Crippen molar-refractivity contribution in [2.45, 2.75) is 44.9 Å².